The number of H-pyrrole nitrogens is 1. The number of rotatable bonds is 5. The van der Waals surface area contributed by atoms with Crippen LogP contribution in [0.25, 0.3) is 10.9 Å². The topological polar surface area (TPSA) is 76.1 Å². The number of benzene rings is 2. The molecule has 0 radical (unpaired) electrons. The summed E-state index contributed by atoms with van der Waals surface area (Å²) in [6.45, 7) is 2.13. The summed E-state index contributed by atoms with van der Waals surface area (Å²) in [7, 11) is 1.55. The largest absolute Gasteiger partial charge is 0.495 e. The quantitative estimate of drug-likeness (QED) is 0.676. The fourth-order valence-electron chi connectivity index (χ4n) is 2.75. The predicted molar refractivity (Wildman–Crippen MR) is 104 cm³/mol. The lowest BCUT2D eigenvalue weighted by Gasteiger charge is -2.12. The number of nitrogens with one attached hydrogen (secondary N) is 2. The molecule has 1 amide bonds. The first-order chi connectivity index (χ1) is 12.5. The SMILES string of the molecule is COc1ccc(C)cc1NC(=O)CCn1c(=S)[nH]c2ccccc2c1=O. The lowest BCUT2D eigenvalue weighted by Crippen LogP contribution is -2.25. The molecule has 0 aliphatic rings. The van der Waals surface area contributed by atoms with Gasteiger partial charge in [-0.2, -0.15) is 0 Å². The van der Waals surface area contributed by atoms with Crippen LogP contribution in [0.15, 0.2) is 47.3 Å². The highest BCUT2D eigenvalue weighted by Crippen LogP contribution is 2.25. The van der Waals surface area contributed by atoms with Crippen LogP contribution in [0, 0.1) is 11.7 Å². The Morgan fingerprint density at radius 2 is 2.04 bits per heavy atom. The normalized spacial score (nSPS) is 10.7. The third-order valence-corrected chi connectivity index (χ3v) is 4.40. The standard InChI is InChI=1S/C19H19N3O3S/c1-12-7-8-16(25-2)15(11-12)20-17(23)9-10-22-18(24)13-5-3-4-6-14(13)21-19(22)26/h3-8,11H,9-10H2,1-2H3,(H,20,23)(H,21,26). The number of methoxy groups -OCH3 is 1. The molecule has 7 heteroatoms. The average Bonchev–Trinajstić information content (AvgIpc) is 2.61. The summed E-state index contributed by atoms with van der Waals surface area (Å²) >= 11 is 5.26. The maximum absolute atomic E-state index is 12.6. The van der Waals surface area contributed by atoms with Crippen molar-refractivity contribution in [3.63, 3.8) is 0 Å². The summed E-state index contributed by atoms with van der Waals surface area (Å²) in [5.41, 5.74) is 2.10. The van der Waals surface area contributed by atoms with E-state index in [1.54, 1.807) is 31.4 Å². The molecule has 0 atom stereocenters. The molecule has 6 nitrogen and oxygen atoms in total. The predicted octanol–water partition coefficient (Wildman–Crippen LogP) is 3.40. The summed E-state index contributed by atoms with van der Waals surface area (Å²) < 4.78 is 6.97. The van der Waals surface area contributed by atoms with Gasteiger partial charge in [0.25, 0.3) is 5.56 Å². The number of amides is 1. The van der Waals surface area contributed by atoms with E-state index < -0.39 is 0 Å². The van der Waals surface area contributed by atoms with Crippen LogP contribution in [0.1, 0.15) is 12.0 Å². The highest BCUT2D eigenvalue weighted by Gasteiger charge is 2.10. The molecular weight excluding hydrogens is 350 g/mol. The molecule has 0 saturated heterocycles. The summed E-state index contributed by atoms with van der Waals surface area (Å²) in [4.78, 5) is 27.9. The Balaban J connectivity index is 1.78. The Hall–Kier alpha value is -2.93. The first kappa shape index (κ1) is 17.9. The Bertz CT molecular complexity index is 1090. The van der Waals surface area contributed by atoms with Gasteiger partial charge >= 0.3 is 0 Å². The Morgan fingerprint density at radius 1 is 1.27 bits per heavy atom. The number of carbonyl (C=O) groups is 1. The summed E-state index contributed by atoms with van der Waals surface area (Å²) in [6.07, 6.45) is 0.118. The van der Waals surface area contributed by atoms with Crippen molar-refractivity contribution in [1.82, 2.24) is 9.55 Å². The first-order valence-electron chi connectivity index (χ1n) is 8.16. The van der Waals surface area contributed by atoms with E-state index in [2.05, 4.69) is 10.3 Å². The molecule has 3 aromatic rings. The maximum atomic E-state index is 12.6. The van der Waals surface area contributed by atoms with Crippen LogP contribution in [-0.4, -0.2) is 22.6 Å². The molecule has 3 rings (SSSR count). The van der Waals surface area contributed by atoms with Crippen molar-refractivity contribution >= 4 is 34.7 Å². The number of anilines is 1. The molecule has 2 aromatic carbocycles. The van der Waals surface area contributed by atoms with Crippen LogP contribution in [0.4, 0.5) is 5.69 Å². The van der Waals surface area contributed by atoms with E-state index in [1.165, 1.54) is 4.57 Å². The highest BCUT2D eigenvalue weighted by atomic mass is 32.1. The minimum absolute atomic E-state index is 0.118. The number of ether oxygens (including phenoxy) is 1. The Morgan fingerprint density at radius 3 is 2.81 bits per heavy atom. The summed E-state index contributed by atoms with van der Waals surface area (Å²) in [6, 6.07) is 12.7. The number of aromatic nitrogens is 2. The fraction of sp³-hybridized carbons (Fsp3) is 0.211. The van der Waals surface area contributed by atoms with Gasteiger partial charge in [-0.3, -0.25) is 14.2 Å². The van der Waals surface area contributed by atoms with Crippen molar-refractivity contribution in [2.24, 2.45) is 0 Å². The van der Waals surface area contributed by atoms with Gasteiger partial charge in [0.1, 0.15) is 5.75 Å². The van der Waals surface area contributed by atoms with Gasteiger partial charge in [0.05, 0.1) is 23.7 Å². The number of hydrogen-bond donors (Lipinski definition) is 2. The van der Waals surface area contributed by atoms with Crippen molar-refractivity contribution < 1.29 is 9.53 Å². The monoisotopic (exact) mass is 369 g/mol. The second-order valence-electron chi connectivity index (χ2n) is 5.93. The van der Waals surface area contributed by atoms with Crippen LogP contribution in [0.3, 0.4) is 0 Å². The lowest BCUT2D eigenvalue weighted by atomic mass is 10.2. The van der Waals surface area contributed by atoms with E-state index in [-0.39, 0.29) is 24.4 Å². The van der Waals surface area contributed by atoms with Crippen molar-refractivity contribution in [1.29, 1.82) is 0 Å². The summed E-state index contributed by atoms with van der Waals surface area (Å²) in [5, 5.41) is 3.37. The third kappa shape index (κ3) is 3.67. The molecule has 2 N–H and O–H groups in total. The smallest absolute Gasteiger partial charge is 0.262 e. The molecule has 1 heterocycles. The number of aromatic amines is 1. The van der Waals surface area contributed by atoms with Gasteiger partial charge < -0.3 is 15.0 Å². The number of para-hydroxylation sites is 1. The first-order valence-corrected chi connectivity index (χ1v) is 8.57. The highest BCUT2D eigenvalue weighted by molar-refractivity contribution is 7.71. The van der Waals surface area contributed by atoms with Crippen LogP contribution in [0.5, 0.6) is 5.75 Å². The molecule has 26 heavy (non-hydrogen) atoms. The van der Waals surface area contributed by atoms with Gasteiger partial charge in [0, 0.05) is 13.0 Å². The van der Waals surface area contributed by atoms with Crippen molar-refractivity contribution in [2.75, 3.05) is 12.4 Å². The van der Waals surface area contributed by atoms with Gasteiger partial charge in [-0.15, -0.1) is 0 Å². The van der Waals surface area contributed by atoms with Gasteiger partial charge in [0.15, 0.2) is 4.77 Å². The van der Waals surface area contributed by atoms with E-state index in [1.807, 2.05) is 25.1 Å². The molecule has 134 valence electrons. The van der Waals surface area contributed by atoms with Crippen molar-refractivity contribution in [3.8, 4) is 5.75 Å². The lowest BCUT2D eigenvalue weighted by molar-refractivity contribution is -0.116. The molecule has 0 spiro atoms. The Kier molecular flexibility index (Phi) is 5.18. The summed E-state index contributed by atoms with van der Waals surface area (Å²) in [5.74, 6) is 0.368. The van der Waals surface area contributed by atoms with Crippen LogP contribution < -0.4 is 15.6 Å². The van der Waals surface area contributed by atoms with E-state index in [9.17, 15) is 9.59 Å². The zero-order valence-corrected chi connectivity index (χ0v) is 15.4. The van der Waals surface area contributed by atoms with E-state index in [0.717, 1.165) is 5.56 Å². The molecule has 1 aromatic heterocycles. The number of carbonyl (C=O) groups excluding carboxylic acids is 1. The van der Waals surface area contributed by atoms with E-state index in [4.69, 9.17) is 17.0 Å². The van der Waals surface area contributed by atoms with Gasteiger partial charge in [-0.25, -0.2) is 0 Å². The van der Waals surface area contributed by atoms with E-state index in [0.29, 0.717) is 27.1 Å². The molecule has 0 fully saturated rings. The number of hydrogen-bond acceptors (Lipinski definition) is 4. The molecule has 0 unspecified atom stereocenters. The zero-order chi connectivity index (χ0) is 18.7. The fourth-order valence-corrected chi connectivity index (χ4v) is 3.03. The van der Waals surface area contributed by atoms with E-state index >= 15 is 0 Å². The van der Waals surface area contributed by atoms with Crippen LogP contribution in [0.2, 0.25) is 0 Å². The second-order valence-corrected chi connectivity index (χ2v) is 6.32. The van der Waals surface area contributed by atoms with Crippen molar-refractivity contribution in [3.05, 3.63) is 63.2 Å². The molecule has 0 saturated carbocycles. The molecule has 0 bridgehead atoms. The zero-order valence-electron chi connectivity index (χ0n) is 14.5. The maximum Gasteiger partial charge on any atom is 0.262 e. The minimum Gasteiger partial charge on any atom is -0.495 e. The van der Waals surface area contributed by atoms with Gasteiger partial charge in [-0.05, 0) is 49.0 Å². The number of aryl methyl sites for hydroxylation is 1. The number of fused-ring (bicyclic) bond motifs is 1. The molecular formula is C19H19N3O3S. The van der Waals surface area contributed by atoms with Crippen molar-refractivity contribution in [2.45, 2.75) is 19.9 Å². The van der Waals surface area contributed by atoms with Gasteiger partial charge in [-0.1, -0.05) is 18.2 Å². The minimum atomic E-state index is -0.219. The molecule has 0 aliphatic heterocycles. The van der Waals surface area contributed by atoms with Crippen LogP contribution in [-0.2, 0) is 11.3 Å². The molecule has 0 aliphatic carbocycles. The third-order valence-electron chi connectivity index (χ3n) is 4.08. The number of nitrogens with zero attached hydrogens (tertiary/aromatic N) is 1. The average molecular weight is 369 g/mol. The van der Waals surface area contributed by atoms with Gasteiger partial charge in [0.2, 0.25) is 5.91 Å². The second kappa shape index (κ2) is 7.53. The van der Waals surface area contributed by atoms with Crippen LogP contribution >= 0.6 is 12.2 Å². The Labute approximate surface area is 155 Å².